The molecule has 10 heteroatoms. The lowest BCUT2D eigenvalue weighted by Crippen LogP contribution is -2.41. The molecule has 0 aliphatic carbocycles. The van der Waals surface area contributed by atoms with Crippen molar-refractivity contribution in [3.63, 3.8) is 0 Å². The standard InChI is InChI=1S/C28H28B2Br4O4/c1-25(2)26(3,4)36-29(35-25)19-21(31)13-9-11-15-18-16(12-10-14(17(13)18)22(19)32)24(34)20(23(15)33)30-37-27(5,6)28(7,8)38-30/h9-12H,1-8H3. The predicted molar refractivity (Wildman–Crippen MR) is 172 cm³/mol. The molecule has 2 saturated heterocycles. The van der Waals surface area contributed by atoms with Gasteiger partial charge < -0.3 is 18.6 Å². The van der Waals surface area contributed by atoms with E-state index in [-0.39, 0.29) is 0 Å². The Morgan fingerprint density at radius 3 is 0.868 bits per heavy atom. The Bertz CT molecular complexity index is 1420. The first kappa shape index (κ1) is 28.0. The molecule has 0 bridgehead atoms. The second-order valence-corrected chi connectivity index (χ2v) is 15.5. The van der Waals surface area contributed by atoms with Crippen LogP contribution in [0.15, 0.2) is 42.2 Å². The van der Waals surface area contributed by atoms with Crippen LogP contribution in [0.5, 0.6) is 0 Å². The molecule has 198 valence electrons. The molecule has 4 nitrogen and oxygen atoms in total. The number of hydrogen-bond donors (Lipinski definition) is 0. The van der Waals surface area contributed by atoms with Gasteiger partial charge in [0.1, 0.15) is 0 Å². The van der Waals surface area contributed by atoms with Gasteiger partial charge in [-0.25, -0.2) is 0 Å². The highest BCUT2D eigenvalue weighted by molar-refractivity contribution is 9.11. The van der Waals surface area contributed by atoms with Gasteiger partial charge in [0.2, 0.25) is 0 Å². The van der Waals surface area contributed by atoms with Crippen molar-refractivity contribution in [2.75, 3.05) is 0 Å². The van der Waals surface area contributed by atoms with Gasteiger partial charge in [-0.15, -0.1) is 0 Å². The van der Waals surface area contributed by atoms with E-state index in [1.165, 1.54) is 10.8 Å². The summed E-state index contributed by atoms with van der Waals surface area (Å²) in [6.45, 7) is 16.6. The quantitative estimate of drug-likeness (QED) is 0.152. The summed E-state index contributed by atoms with van der Waals surface area (Å²) >= 11 is 15.8. The fourth-order valence-electron chi connectivity index (χ4n) is 5.34. The normalized spacial score (nSPS) is 22.0. The monoisotopic (exact) mass is 766 g/mol. The van der Waals surface area contributed by atoms with Crippen molar-refractivity contribution in [1.29, 1.82) is 0 Å². The average molecular weight is 770 g/mol. The van der Waals surface area contributed by atoms with Gasteiger partial charge in [0.05, 0.1) is 22.4 Å². The third-order valence-corrected chi connectivity index (χ3v) is 12.4. The molecule has 2 heterocycles. The molecule has 0 N–H and O–H groups in total. The molecular formula is C28H28B2Br4O4. The summed E-state index contributed by atoms with van der Waals surface area (Å²) in [5.41, 5.74) is 0.184. The van der Waals surface area contributed by atoms with Crippen LogP contribution in [0.25, 0.3) is 32.3 Å². The van der Waals surface area contributed by atoms with E-state index in [1.54, 1.807) is 0 Å². The molecule has 6 rings (SSSR count). The van der Waals surface area contributed by atoms with Crippen LogP contribution in [0.1, 0.15) is 55.4 Å². The first-order chi connectivity index (χ1) is 17.5. The molecule has 0 atom stereocenters. The summed E-state index contributed by atoms with van der Waals surface area (Å²) in [6, 6.07) is 8.67. The third kappa shape index (κ3) is 3.73. The predicted octanol–water partition coefficient (Wildman–Crippen LogP) is 8.23. The summed E-state index contributed by atoms with van der Waals surface area (Å²) in [5.74, 6) is 0. The summed E-state index contributed by atoms with van der Waals surface area (Å²) in [6.07, 6.45) is 0. The molecule has 2 fully saturated rings. The minimum atomic E-state index is -0.501. The molecule has 0 amide bonds. The minimum absolute atomic E-state index is 0.436. The van der Waals surface area contributed by atoms with Gasteiger partial charge in [0, 0.05) is 28.8 Å². The Morgan fingerprint density at radius 1 is 0.447 bits per heavy atom. The van der Waals surface area contributed by atoms with E-state index in [1.807, 2.05) is 0 Å². The van der Waals surface area contributed by atoms with Gasteiger partial charge in [0.25, 0.3) is 0 Å². The number of hydrogen-bond acceptors (Lipinski definition) is 4. The van der Waals surface area contributed by atoms with Gasteiger partial charge in [-0.05, 0) is 87.7 Å². The Balaban J connectivity index is 1.60. The molecule has 0 unspecified atom stereocenters. The van der Waals surface area contributed by atoms with Crippen molar-refractivity contribution in [1.82, 2.24) is 0 Å². The molecular weight excluding hydrogens is 742 g/mol. The van der Waals surface area contributed by atoms with Gasteiger partial charge in [-0.3, -0.25) is 0 Å². The summed E-state index contributed by atoms with van der Waals surface area (Å²) in [4.78, 5) is 0. The highest BCUT2D eigenvalue weighted by atomic mass is 79.9. The van der Waals surface area contributed by atoms with Crippen molar-refractivity contribution < 1.29 is 18.6 Å². The van der Waals surface area contributed by atoms with E-state index in [9.17, 15) is 0 Å². The van der Waals surface area contributed by atoms with Gasteiger partial charge in [0.15, 0.2) is 0 Å². The molecule has 4 aromatic carbocycles. The van der Waals surface area contributed by atoms with Gasteiger partial charge in [-0.1, -0.05) is 88.0 Å². The zero-order chi connectivity index (χ0) is 27.7. The maximum atomic E-state index is 6.46. The number of rotatable bonds is 2. The van der Waals surface area contributed by atoms with Crippen LogP contribution in [0, 0.1) is 0 Å². The second-order valence-electron chi connectivity index (χ2n) is 12.3. The fraction of sp³-hybridized carbons (Fsp3) is 0.429. The number of halogens is 4. The van der Waals surface area contributed by atoms with Gasteiger partial charge in [-0.2, -0.15) is 0 Å². The largest absolute Gasteiger partial charge is 0.497 e. The molecule has 4 aromatic rings. The zero-order valence-corrected chi connectivity index (χ0v) is 29.0. The highest BCUT2D eigenvalue weighted by Gasteiger charge is 2.54. The Hall–Kier alpha value is -0.190. The van der Waals surface area contributed by atoms with Crippen LogP contribution < -0.4 is 10.9 Å². The molecule has 38 heavy (non-hydrogen) atoms. The maximum absolute atomic E-state index is 6.46. The topological polar surface area (TPSA) is 36.9 Å². The van der Waals surface area contributed by atoms with Crippen LogP contribution in [0.4, 0.5) is 0 Å². The van der Waals surface area contributed by atoms with E-state index >= 15 is 0 Å². The van der Waals surface area contributed by atoms with E-state index in [2.05, 4.69) is 143 Å². The first-order valence-electron chi connectivity index (χ1n) is 12.7. The van der Waals surface area contributed by atoms with Gasteiger partial charge >= 0.3 is 14.2 Å². The van der Waals surface area contributed by atoms with Crippen LogP contribution in [0.3, 0.4) is 0 Å². The van der Waals surface area contributed by atoms with Crippen LogP contribution in [-0.2, 0) is 18.6 Å². The lowest BCUT2D eigenvalue weighted by atomic mass is 9.75. The zero-order valence-electron chi connectivity index (χ0n) is 22.6. The lowest BCUT2D eigenvalue weighted by Gasteiger charge is -2.32. The van der Waals surface area contributed by atoms with Crippen molar-refractivity contribution in [2.24, 2.45) is 0 Å². The van der Waals surface area contributed by atoms with Crippen LogP contribution in [-0.4, -0.2) is 36.6 Å². The molecule has 0 saturated carbocycles. The maximum Gasteiger partial charge on any atom is 0.497 e. The first-order valence-corrected chi connectivity index (χ1v) is 15.8. The van der Waals surface area contributed by atoms with Crippen LogP contribution in [0.2, 0.25) is 0 Å². The summed E-state index contributed by atoms with van der Waals surface area (Å²) < 4.78 is 29.7. The minimum Gasteiger partial charge on any atom is -0.399 e. The molecule has 0 radical (unpaired) electrons. The highest BCUT2D eigenvalue weighted by Crippen LogP contribution is 2.47. The van der Waals surface area contributed by atoms with Crippen LogP contribution >= 0.6 is 63.7 Å². The Morgan fingerprint density at radius 2 is 0.658 bits per heavy atom. The van der Waals surface area contributed by atoms with E-state index < -0.39 is 36.6 Å². The molecule has 2 aliphatic heterocycles. The fourth-order valence-corrected chi connectivity index (χ4v) is 8.73. The summed E-state index contributed by atoms with van der Waals surface area (Å²) in [7, 11) is -1.00. The third-order valence-electron chi connectivity index (χ3n) is 9.03. The SMILES string of the molecule is CC1(C)OB(c2c(Br)c3ccc4c(Br)c(B5OC(C)(C)C(C)(C)O5)c(Br)c5ccc(c2Br)c3c45)OC1(C)C. The Labute approximate surface area is 258 Å². The van der Waals surface area contributed by atoms with Crippen molar-refractivity contribution in [3.8, 4) is 0 Å². The second kappa shape index (κ2) is 8.66. The van der Waals surface area contributed by atoms with E-state index in [0.717, 1.165) is 50.4 Å². The van der Waals surface area contributed by atoms with Crippen molar-refractivity contribution >= 4 is 121 Å². The number of benzene rings is 4. The molecule has 0 aromatic heterocycles. The lowest BCUT2D eigenvalue weighted by molar-refractivity contribution is 0.00578. The summed E-state index contributed by atoms with van der Waals surface area (Å²) in [5, 5.41) is 6.75. The van der Waals surface area contributed by atoms with E-state index in [4.69, 9.17) is 18.6 Å². The van der Waals surface area contributed by atoms with Crippen molar-refractivity contribution in [3.05, 3.63) is 42.2 Å². The van der Waals surface area contributed by atoms with Crippen molar-refractivity contribution in [2.45, 2.75) is 77.8 Å². The molecule has 0 spiro atoms. The molecule has 2 aliphatic rings. The average Bonchev–Trinajstić information content (AvgIpc) is 3.14. The van der Waals surface area contributed by atoms with E-state index in [0.29, 0.717) is 0 Å². The Kier molecular flexibility index (Phi) is 6.37. The smallest absolute Gasteiger partial charge is 0.399 e.